The van der Waals surface area contributed by atoms with E-state index in [4.69, 9.17) is 9.47 Å². The van der Waals surface area contributed by atoms with Gasteiger partial charge in [0.05, 0.1) is 23.6 Å². The molecule has 0 spiro atoms. The smallest absolute Gasteiger partial charge is 0.317 e. The maximum Gasteiger partial charge on any atom is 0.317 e. The number of nitrogens with zero attached hydrogens (tertiary/aromatic N) is 6. The van der Waals surface area contributed by atoms with Crippen LogP contribution in [0, 0.1) is 6.92 Å². The van der Waals surface area contributed by atoms with Crippen molar-refractivity contribution in [3.63, 3.8) is 0 Å². The predicted octanol–water partition coefficient (Wildman–Crippen LogP) is 4.23. The van der Waals surface area contributed by atoms with E-state index in [1.807, 2.05) is 54.9 Å². The lowest BCUT2D eigenvalue weighted by Crippen LogP contribution is -2.44. The largest absolute Gasteiger partial charge is 0.457 e. The summed E-state index contributed by atoms with van der Waals surface area (Å²) in [4.78, 5) is 21.7. The van der Waals surface area contributed by atoms with E-state index in [0.717, 1.165) is 28.0 Å². The van der Waals surface area contributed by atoms with E-state index < -0.39 is 12.3 Å². The normalized spacial score (nSPS) is 17.7. The monoisotopic (exact) mass is 500 g/mol. The van der Waals surface area contributed by atoms with Crippen molar-refractivity contribution in [2.75, 3.05) is 18.4 Å². The number of hydrogen-bond donors (Lipinski definition) is 2. The number of aromatic nitrogens is 6. The van der Waals surface area contributed by atoms with Crippen LogP contribution in [0.4, 0.5) is 15.9 Å². The Balaban J connectivity index is 1.22. The minimum atomic E-state index is -1.12. The first kappa shape index (κ1) is 23.0. The molecule has 188 valence electrons. The minimum Gasteiger partial charge on any atom is -0.457 e. The van der Waals surface area contributed by atoms with Gasteiger partial charge in [0.1, 0.15) is 41.1 Å². The van der Waals surface area contributed by atoms with Gasteiger partial charge in [-0.25, -0.2) is 24.3 Å². The number of alkyl halides is 1. The molecule has 2 N–H and O–H groups in total. The summed E-state index contributed by atoms with van der Waals surface area (Å²) in [5.74, 6) is 1.94. The van der Waals surface area contributed by atoms with Gasteiger partial charge < -0.3 is 24.7 Å². The quantitative estimate of drug-likeness (QED) is 0.354. The zero-order valence-corrected chi connectivity index (χ0v) is 20.3. The third-order valence-electron chi connectivity index (χ3n) is 6.32. The second kappa shape index (κ2) is 9.58. The van der Waals surface area contributed by atoms with E-state index in [-0.39, 0.29) is 12.6 Å². The molecule has 6 rings (SSSR count). The number of anilines is 2. The van der Waals surface area contributed by atoms with Crippen LogP contribution in [-0.4, -0.2) is 54.9 Å². The summed E-state index contributed by atoms with van der Waals surface area (Å²) in [6.07, 6.45) is 3.61. The highest BCUT2D eigenvalue weighted by Gasteiger charge is 2.27. The summed E-state index contributed by atoms with van der Waals surface area (Å²) in [6, 6.07) is 11.7. The highest BCUT2D eigenvalue weighted by molar-refractivity contribution is 5.86. The number of piperidine rings is 1. The van der Waals surface area contributed by atoms with Gasteiger partial charge in [0.15, 0.2) is 5.82 Å². The van der Waals surface area contributed by atoms with E-state index in [2.05, 4.69) is 35.6 Å². The lowest BCUT2D eigenvalue weighted by Gasteiger charge is -2.26. The molecule has 1 aliphatic rings. The van der Waals surface area contributed by atoms with Crippen molar-refractivity contribution >= 4 is 33.6 Å². The Morgan fingerprint density at radius 2 is 2.00 bits per heavy atom. The number of hydrogen-bond acceptors (Lipinski definition) is 9. The fourth-order valence-electron chi connectivity index (χ4n) is 4.34. The van der Waals surface area contributed by atoms with Gasteiger partial charge in [0, 0.05) is 25.3 Å². The first-order chi connectivity index (χ1) is 18.0. The fourth-order valence-corrected chi connectivity index (χ4v) is 4.34. The number of ether oxygens (including phenoxy) is 2. The molecule has 2 aromatic carbocycles. The van der Waals surface area contributed by atoms with E-state index in [9.17, 15) is 4.39 Å². The first-order valence-corrected chi connectivity index (χ1v) is 12.0. The molecule has 10 nitrogen and oxygen atoms in total. The van der Waals surface area contributed by atoms with E-state index >= 15 is 0 Å². The number of aryl methyl sites for hydroxylation is 2. The Morgan fingerprint density at radius 3 is 2.86 bits per heavy atom. The highest BCUT2D eigenvalue weighted by atomic mass is 19.1. The Hall–Kier alpha value is -4.38. The van der Waals surface area contributed by atoms with Crippen LogP contribution >= 0.6 is 0 Å². The average molecular weight is 501 g/mol. The first-order valence-electron chi connectivity index (χ1n) is 12.0. The van der Waals surface area contributed by atoms with Crippen molar-refractivity contribution in [2.24, 2.45) is 7.05 Å². The second-order valence-electron chi connectivity index (χ2n) is 8.99. The summed E-state index contributed by atoms with van der Waals surface area (Å²) in [5, 5.41) is 6.30. The van der Waals surface area contributed by atoms with Crippen molar-refractivity contribution in [1.82, 2.24) is 34.8 Å². The lowest BCUT2D eigenvalue weighted by molar-refractivity contribution is 0.0655. The van der Waals surface area contributed by atoms with Gasteiger partial charge in [-0.1, -0.05) is 0 Å². The van der Waals surface area contributed by atoms with Crippen LogP contribution in [0.25, 0.3) is 22.1 Å². The second-order valence-corrected chi connectivity index (χ2v) is 8.99. The van der Waals surface area contributed by atoms with Gasteiger partial charge in [-0.3, -0.25) is 0 Å². The molecule has 5 aromatic rings. The molecule has 0 amide bonds. The van der Waals surface area contributed by atoms with Gasteiger partial charge >= 0.3 is 6.01 Å². The average Bonchev–Trinajstić information content (AvgIpc) is 3.27. The summed E-state index contributed by atoms with van der Waals surface area (Å²) in [7, 11) is 1.96. The van der Waals surface area contributed by atoms with E-state index in [1.165, 1.54) is 6.33 Å². The van der Waals surface area contributed by atoms with Crippen LogP contribution in [0.3, 0.4) is 0 Å². The highest BCUT2D eigenvalue weighted by Crippen LogP contribution is 2.31. The van der Waals surface area contributed by atoms with Crippen molar-refractivity contribution in [3.05, 3.63) is 60.8 Å². The molecular weight excluding hydrogens is 475 g/mol. The minimum absolute atomic E-state index is 0.102. The topological polar surface area (TPSA) is 112 Å². The van der Waals surface area contributed by atoms with Crippen LogP contribution in [0.5, 0.6) is 17.5 Å². The van der Waals surface area contributed by atoms with Gasteiger partial charge in [0.25, 0.3) is 0 Å². The summed E-state index contributed by atoms with van der Waals surface area (Å²) < 4.78 is 28.0. The van der Waals surface area contributed by atoms with Crippen molar-refractivity contribution in [1.29, 1.82) is 0 Å². The number of halogens is 1. The molecule has 11 heteroatoms. The molecule has 1 saturated heterocycles. The maximum absolute atomic E-state index is 14.2. The van der Waals surface area contributed by atoms with Crippen molar-refractivity contribution < 1.29 is 13.9 Å². The standard InChI is InChI=1S/C26H25FN8O2/c1-15-9-16(3-6-22(15)36-17-4-5-21-19(10-17)32-14-35(21)2)33-25-24-20(30-13-31-25)12-29-26(34-24)37-23-7-8-28-11-18(23)27/h3-6,9-10,12-14,18,23,28H,7-8,11H2,1-2H3,(H,30,31,33)/t18-,23+/m1/s1. The summed E-state index contributed by atoms with van der Waals surface area (Å²) in [6.45, 7) is 2.91. The molecule has 1 aliphatic heterocycles. The van der Waals surface area contributed by atoms with Gasteiger partial charge in [-0.05, 0) is 55.8 Å². The molecule has 0 saturated carbocycles. The Bertz CT molecular complexity index is 1590. The van der Waals surface area contributed by atoms with Crippen LogP contribution in [-0.2, 0) is 7.05 Å². The Morgan fingerprint density at radius 1 is 1.08 bits per heavy atom. The number of benzene rings is 2. The van der Waals surface area contributed by atoms with Crippen LogP contribution in [0.1, 0.15) is 12.0 Å². The molecule has 4 heterocycles. The summed E-state index contributed by atoms with van der Waals surface area (Å²) in [5.41, 5.74) is 4.68. The molecule has 0 radical (unpaired) electrons. The van der Waals surface area contributed by atoms with Crippen LogP contribution in [0.2, 0.25) is 0 Å². The van der Waals surface area contributed by atoms with E-state index in [0.29, 0.717) is 35.6 Å². The van der Waals surface area contributed by atoms with Crippen molar-refractivity contribution in [2.45, 2.75) is 25.6 Å². The van der Waals surface area contributed by atoms with Crippen LogP contribution < -0.4 is 20.1 Å². The summed E-state index contributed by atoms with van der Waals surface area (Å²) >= 11 is 0. The zero-order chi connectivity index (χ0) is 25.4. The third kappa shape index (κ3) is 4.73. The SMILES string of the molecule is Cc1cc(Nc2ncnc3cnc(O[C@H]4CCNC[C@H]4F)nc23)ccc1Oc1ccc2c(c1)ncn2C. The van der Waals surface area contributed by atoms with Gasteiger partial charge in [-0.15, -0.1) is 0 Å². The molecule has 0 aliphatic carbocycles. The molecule has 3 aromatic heterocycles. The molecule has 0 bridgehead atoms. The molecule has 1 fully saturated rings. The Kier molecular flexibility index (Phi) is 5.97. The van der Waals surface area contributed by atoms with Crippen LogP contribution in [0.15, 0.2) is 55.2 Å². The molecular formula is C26H25FN8O2. The molecule has 0 unspecified atom stereocenters. The maximum atomic E-state index is 14.2. The Labute approximate surface area is 211 Å². The van der Waals surface area contributed by atoms with E-state index in [1.54, 1.807) is 12.5 Å². The van der Waals surface area contributed by atoms with Gasteiger partial charge in [0.2, 0.25) is 0 Å². The number of imidazole rings is 1. The van der Waals surface area contributed by atoms with Crippen molar-refractivity contribution in [3.8, 4) is 17.5 Å². The third-order valence-corrected chi connectivity index (χ3v) is 6.32. The predicted molar refractivity (Wildman–Crippen MR) is 137 cm³/mol. The molecule has 2 atom stereocenters. The van der Waals surface area contributed by atoms with Gasteiger partial charge in [-0.2, -0.15) is 4.98 Å². The number of nitrogens with one attached hydrogen (secondary N) is 2. The number of rotatable bonds is 6. The zero-order valence-electron chi connectivity index (χ0n) is 20.3. The number of fused-ring (bicyclic) bond motifs is 2. The fraction of sp³-hybridized carbons (Fsp3) is 0.269. The molecule has 37 heavy (non-hydrogen) atoms. The lowest BCUT2D eigenvalue weighted by atomic mass is 10.1.